The number of aromatic nitrogens is 4. The van der Waals surface area contributed by atoms with E-state index in [1.165, 1.54) is 49.7 Å². The van der Waals surface area contributed by atoms with E-state index < -0.39 is 0 Å². The van der Waals surface area contributed by atoms with E-state index in [0.717, 1.165) is 66.8 Å². The van der Waals surface area contributed by atoms with Crippen molar-refractivity contribution in [1.29, 1.82) is 0 Å². The van der Waals surface area contributed by atoms with Crippen molar-refractivity contribution < 1.29 is 0 Å². The predicted octanol–water partition coefficient (Wildman–Crippen LogP) is 18.2. The molecule has 11 aromatic carbocycles. The Morgan fingerprint density at radius 1 is 0.320 bits per heavy atom. The molecule has 1 aliphatic carbocycles. The van der Waals surface area contributed by atoms with Gasteiger partial charge < -0.3 is 9.47 Å². The number of nitrogens with zero attached hydrogens (tertiary/aromatic N) is 5. The highest BCUT2D eigenvalue weighted by Crippen LogP contribution is 2.51. The van der Waals surface area contributed by atoms with Gasteiger partial charge in [-0.1, -0.05) is 202 Å². The van der Waals surface area contributed by atoms with Crippen LogP contribution in [-0.2, 0) is 5.41 Å². The average molecular weight is 960 g/mol. The summed E-state index contributed by atoms with van der Waals surface area (Å²) in [4.78, 5) is 17.3. The summed E-state index contributed by atoms with van der Waals surface area (Å²) in [7, 11) is 0. The van der Waals surface area contributed by atoms with E-state index in [2.05, 4.69) is 224 Å². The molecule has 0 fully saturated rings. The first kappa shape index (κ1) is 44.0. The van der Waals surface area contributed by atoms with Gasteiger partial charge >= 0.3 is 0 Å². The lowest BCUT2D eigenvalue weighted by molar-refractivity contribution is 0.660. The first-order chi connectivity index (χ1) is 36.9. The zero-order chi connectivity index (χ0) is 50.0. The van der Waals surface area contributed by atoms with Gasteiger partial charge in [0.15, 0.2) is 17.5 Å². The third-order valence-corrected chi connectivity index (χ3v) is 15.2. The van der Waals surface area contributed by atoms with Gasteiger partial charge in [-0.15, -0.1) is 0 Å². The number of hydrogen-bond acceptors (Lipinski definition) is 4. The van der Waals surface area contributed by atoms with Crippen molar-refractivity contribution in [3.05, 3.63) is 272 Å². The summed E-state index contributed by atoms with van der Waals surface area (Å²) in [5, 5.41) is 4.67. The summed E-state index contributed by atoms with van der Waals surface area (Å²) < 4.78 is 2.40. The SMILES string of the molecule is CC1(C)c2ccccc2-c2ccc(N(c3ccc(-c4ccccc4)cc3)c3ccc(-c4ccc5c(c4)c4ccccc4n5-c4ccc5cc(-c6nc(-c7ccccc7)nc(-c7ccccc7)n6)ccc5c4)cc3)cc21. The van der Waals surface area contributed by atoms with Crippen molar-refractivity contribution >= 4 is 49.6 Å². The van der Waals surface area contributed by atoms with Crippen LogP contribution in [0.5, 0.6) is 0 Å². The van der Waals surface area contributed by atoms with Crippen LogP contribution in [0.4, 0.5) is 17.1 Å². The third-order valence-electron chi connectivity index (χ3n) is 15.2. The molecule has 0 amide bonds. The number of para-hydroxylation sites is 1. The van der Waals surface area contributed by atoms with E-state index in [9.17, 15) is 0 Å². The Morgan fingerprint density at radius 3 is 1.48 bits per heavy atom. The predicted molar refractivity (Wildman–Crippen MR) is 311 cm³/mol. The highest BCUT2D eigenvalue weighted by Gasteiger charge is 2.35. The van der Waals surface area contributed by atoms with Crippen LogP contribution in [0.15, 0.2) is 261 Å². The Morgan fingerprint density at radius 2 is 0.800 bits per heavy atom. The van der Waals surface area contributed by atoms with Crippen LogP contribution in [0.2, 0.25) is 0 Å². The summed E-state index contributed by atoms with van der Waals surface area (Å²) in [6.45, 7) is 4.70. The van der Waals surface area contributed by atoms with E-state index >= 15 is 0 Å². The molecule has 2 aromatic heterocycles. The molecule has 0 N–H and O–H groups in total. The molecule has 1 aliphatic rings. The maximum Gasteiger partial charge on any atom is 0.164 e. The Hall–Kier alpha value is -9.71. The van der Waals surface area contributed by atoms with Gasteiger partial charge in [-0.3, -0.25) is 0 Å². The molecular weight excluding hydrogens is 911 g/mol. The Labute approximate surface area is 436 Å². The zero-order valence-corrected chi connectivity index (χ0v) is 41.6. The lowest BCUT2D eigenvalue weighted by Gasteiger charge is -2.28. The molecule has 0 bridgehead atoms. The van der Waals surface area contributed by atoms with Crippen LogP contribution < -0.4 is 4.90 Å². The molecule has 0 radical (unpaired) electrons. The van der Waals surface area contributed by atoms with Gasteiger partial charge in [-0.2, -0.15) is 0 Å². The number of hydrogen-bond donors (Lipinski definition) is 0. The molecule has 5 nitrogen and oxygen atoms in total. The molecule has 0 aliphatic heterocycles. The highest BCUT2D eigenvalue weighted by atomic mass is 15.1. The molecule has 0 saturated carbocycles. The summed E-state index contributed by atoms with van der Waals surface area (Å²) in [6, 6.07) is 93.7. The van der Waals surface area contributed by atoms with Gasteiger partial charge in [0, 0.05) is 55.6 Å². The average Bonchev–Trinajstić information content (AvgIpc) is 3.97. The van der Waals surface area contributed by atoms with E-state index in [1.54, 1.807) is 0 Å². The second-order valence-electron chi connectivity index (χ2n) is 20.1. The molecule has 2 heterocycles. The van der Waals surface area contributed by atoms with Crippen LogP contribution in [0.25, 0.3) is 106 Å². The van der Waals surface area contributed by atoms with Crippen molar-refractivity contribution in [2.75, 3.05) is 4.90 Å². The maximum absolute atomic E-state index is 5.00. The molecule has 13 aromatic rings. The van der Waals surface area contributed by atoms with Crippen molar-refractivity contribution in [1.82, 2.24) is 19.5 Å². The number of anilines is 3. The fourth-order valence-corrected chi connectivity index (χ4v) is 11.4. The topological polar surface area (TPSA) is 46.8 Å². The first-order valence-corrected chi connectivity index (χ1v) is 25.7. The van der Waals surface area contributed by atoms with Gasteiger partial charge in [0.05, 0.1) is 11.0 Å². The van der Waals surface area contributed by atoms with Crippen LogP contribution in [-0.4, -0.2) is 19.5 Å². The van der Waals surface area contributed by atoms with E-state index in [1.807, 2.05) is 60.7 Å². The molecular formula is C70H49N5. The van der Waals surface area contributed by atoms with E-state index in [4.69, 9.17) is 15.0 Å². The van der Waals surface area contributed by atoms with Crippen molar-refractivity contribution in [3.63, 3.8) is 0 Å². The van der Waals surface area contributed by atoms with Crippen LogP contribution in [0.1, 0.15) is 25.0 Å². The lowest BCUT2D eigenvalue weighted by atomic mass is 9.82. The van der Waals surface area contributed by atoms with Crippen molar-refractivity contribution in [2.45, 2.75) is 19.3 Å². The standard InChI is InChI=1S/C70H49N5/c1-70(2)63-24-14-12-22-59(63)60-40-39-58(45-64(60)70)74(55-34-28-47(29-35-55)46-16-6-3-7-17-46)56-36-30-48(31-37-56)53-33-41-66-62(44-53)61-23-13-15-25-65(61)75(66)57-38-32-51-42-54(27-26-52(51)43-57)69-72-67(49-18-8-4-9-19-49)71-68(73-69)50-20-10-5-11-21-50/h3-45H,1-2H3. The smallest absolute Gasteiger partial charge is 0.164 e. The molecule has 0 spiro atoms. The quantitative estimate of drug-likeness (QED) is 0.145. The summed E-state index contributed by atoms with van der Waals surface area (Å²) in [5.74, 6) is 1.94. The largest absolute Gasteiger partial charge is 0.310 e. The fourth-order valence-electron chi connectivity index (χ4n) is 11.4. The first-order valence-electron chi connectivity index (χ1n) is 25.7. The van der Waals surface area contributed by atoms with Crippen molar-refractivity contribution in [3.8, 4) is 73.2 Å². The van der Waals surface area contributed by atoms with E-state index in [-0.39, 0.29) is 5.41 Å². The Bertz CT molecular complexity index is 4240. The summed E-state index contributed by atoms with van der Waals surface area (Å²) >= 11 is 0. The van der Waals surface area contributed by atoms with Gasteiger partial charge in [0.1, 0.15) is 0 Å². The highest BCUT2D eigenvalue weighted by molar-refractivity contribution is 6.11. The van der Waals surface area contributed by atoms with Gasteiger partial charge in [-0.25, -0.2) is 15.0 Å². The molecule has 14 rings (SSSR count). The third kappa shape index (κ3) is 7.67. The molecule has 75 heavy (non-hydrogen) atoms. The van der Waals surface area contributed by atoms with Crippen LogP contribution in [0, 0.1) is 0 Å². The summed E-state index contributed by atoms with van der Waals surface area (Å²) in [5.41, 5.74) is 19.6. The monoisotopic (exact) mass is 959 g/mol. The second-order valence-corrected chi connectivity index (χ2v) is 20.1. The Balaban J connectivity index is 0.810. The number of rotatable bonds is 9. The minimum Gasteiger partial charge on any atom is -0.310 e. The van der Waals surface area contributed by atoms with Gasteiger partial charge in [0.2, 0.25) is 0 Å². The van der Waals surface area contributed by atoms with Crippen LogP contribution >= 0.6 is 0 Å². The Kier molecular flexibility index (Phi) is 10.4. The summed E-state index contributed by atoms with van der Waals surface area (Å²) in [6.07, 6.45) is 0. The van der Waals surface area contributed by atoms with Gasteiger partial charge in [0.25, 0.3) is 0 Å². The lowest BCUT2D eigenvalue weighted by Crippen LogP contribution is -2.16. The minimum atomic E-state index is -0.117. The normalized spacial score (nSPS) is 12.5. The van der Waals surface area contributed by atoms with Crippen molar-refractivity contribution in [2.24, 2.45) is 0 Å². The van der Waals surface area contributed by atoms with Gasteiger partial charge in [-0.05, 0) is 128 Å². The van der Waals surface area contributed by atoms with Crippen LogP contribution in [0.3, 0.4) is 0 Å². The minimum absolute atomic E-state index is 0.117. The number of fused-ring (bicyclic) bond motifs is 7. The zero-order valence-electron chi connectivity index (χ0n) is 41.6. The molecule has 0 saturated heterocycles. The molecule has 0 atom stereocenters. The fraction of sp³-hybridized carbons (Fsp3) is 0.0429. The number of benzene rings is 11. The molecule has 5 heteroatoms. The second kappa shape index (κ2) is 17.8. The maximum atomic E-state index is 5.00. The van der Waals surface area contributed by atoms with E-state index in [0.29, 0.717) is 17.5 Å². The molecule has 354 valence electrons. The molecule has 0 unspecified atom stereocenters.